The first-order valence-electron chi connectivity index (χ1n) is 8.18. The number of ether oxygens (including phenoxy) is 1. The Balaban J connectivity index is 1.92. The van der Waals surface area contributed by atoms with E-state index in [1.165, 1.54) is 0 Å². The van der Waals surface area contributed by atoms with Crippen molar-refractivity contribution < 1.29 is 14.3 Å². The van der Waals surface area contributed by atoms with E-state index in [4.69, 9.17) is 10.00 Å². The fourth-order valence-electron chi connectivity index (χ4n) is 2.80. The highest BCUT2D eigenvalue weighted by Gasteiger charge is 2.34. The Morgan fingerprint density at radius 1 is 1.46 bits per heavy atom. The van der Waals surface area contributed by atoms with Gasteiger partial charge in [0.2, 0.25) is 11.8 Å². The van der Waals surface area contributed by atoms with Crippen LogP contribution < -0.4 is 10.1 Å². The molecule has 0 aromatic heterocycles. The lowest BCUT2D eigenvalue weighted by Crippen LogP contribution is -2.39. The third-order valence-electron chi connectivity index (χ3n) is 4.17. The fourth-order valence-corrected chi connectivity index (χ4v) is 2.80. The van der Waals surface area contributed by atoms with Crippen LogP contribution in [0.3, 0.4) is 0 Å². The second-order valence-electron chi connectivity index (χ2n) is 6.00. The van der Waals surface area contributed by atoms with E-state index in [9.17, 15) is 9.59 Å². The van der Waals surface area contributed by atoms with E-state index in [2.05, 4.69) is 11.4 Å². The minimum atomic E-state index is -0.478. The topological polar surface area (TPSA) is 82.4 Å². The van der Waals surface area contributed by atoms with Crippen LogP contribution in [0.5, 0.6) is 5.75 Å². The summed E-state index contributed by atoms with van der Waals surface area (Å²) in [4.78, 5) is 26.1. The molecule has 128 valence electrons. The quantitative estimate of drug-likeness (QED) is 0.827. The van der Waals surface area contributed by atoms with Gasteiger partial charge in [0.1, 0.15) is 11.8 Å². The average Bonchev–Trinajstić information content (AvgIpc) is 2.96. The van der Waals surface area contributed by atoms with Crippen LogP contribution >= 0.6 is 0 Å². The maximum atomic E-state index is 12.3. The minimum absolute atomic E-state index is 0.0324. The second-order valence-corrected chi connectivity index (χ2v) is 6.00. The van der Waals surface area contributed by atoms with E-state index in [-0.39, 0.29) is 24.2 Å². The molecule has 24 heavy (non-hydrogen) atoms. The monoisotopic (exact) mass is 329 g/mol. The van der Waals surface area contributed by atoms with Crippen molar-refractivity contribution in [3.63, 3.8) is 0 Å². The molecule has 1 aromatic rings. The predicted octanol–water partition coefficient (Wildman–Crippen LogP) is 1.85. The lowest BCUT2D eigenvalue weighted by molar-refractivity contribution is -0.129. The van der Waals surface area contributed by atoms with Gasteiger partial charge in [0.05, 0.1) is 19.1 Å². The Kier molecular flexibility index (Phi) is 6.19. The van der Waals surface area contributed by atoms with E-state index >= 15 is 0 Å². The molecule has 1 saturated heterocycles. The molecule has 0 bridgehead atoms. The van der Waals surface area contributed by atoms with Crippen LogP contribution in [0.4, 0.5) is 0 Å². The maximum Gasteiger partial charge on any atom is 0.226 e. The highest BCUT2D eigenvalue weighted by molar-refractivity contribution is 5.89. The van der Waals surface area contributed by atoms with E-state index in [0.29, 0.717) is 19.5 Å². The van der Waals surface area contributed by atoms with Gasteiger partial charge in [-0.15, -0.1) is 0 Å². The maximum absolute atomic E-state index is 12.3. The van der Waals surface area contributed by atoms with Crippen molar-refractivity contribution in [1.29, 1.82) is 5.26 Å². The molecule has 6 nitrogen and oxygen atoms in total. The van der Waals surface area contributed by atoms with Crippen LogP contribution in [0.15, 0.2) is 24.3 Å². The number of likely N-dealkylation sites (tertiary alicyclic amines) is 1. The Morgan fingerprint density at radius 2 is 2.17 bits per heavy atom. The van der Waals surface area contributed by atoms with Gasteiger partial charge < -0.3 is 15.0 Å². The number of nitriles is 1. The molecule has 0 radical (unpaired) electrons. The van der Waals surface area contributed by atoms with Crippen molar-refractivity contribution in [2.24, 2.45) is 5.92 Å². The number of rotatable bonds is 7. The molecule has 2 unspecified atom stereocenters. The van der Waals surface area contributed by atoms with E-state index in [1.807, 2.05) is 31.2 Å². The van der Waals surface area contributed by atoms with E-state index in [1.54, 1.807) is 12.0 Å². The van der Waals surface area contributed by atoms with Crippen molar-refractivity contribution in [3.8, 4) is 11.8 Å². The summed E-state index contributed by atoms with van der Waals surface area (Å²) in [5.41, 5.74) is 0.992. The number of carbonyl (C=O) groups excluding carboxylic acids is 2. The summed E-state index contributed by atoms with van der Waals surface area (Å²) in [5, 5.41) is 11.8. The van der Waals surface area contributed by atoms with Gasteiger partial charge in [-0.25, -0.2) is 0 Å². The van der Waals surface area contributed by atoms with Gasteiger partial charge >= 0.3 is 0 Å². The third-order valence-corrected chi connectivity index (χ3v) is 4.17. The van der Waals surface area contributed by atoms with Crippen LogP contribution in [0.1, 0.15) is 31.7 Å². The van der Waals surface area contributed by atoms with Gasteiger partial charge in [-0.1, -0.05) is 25.5 Å². The molecule has 1 N–H and O–H groups in total. The van der Waals surface area contributed by atoms with E-state index < -0.39 is 6.04 Å². The lowest BCUT2D eigenvalue weighted by atomic mass is 10.1. The summed E-state index contributed by atoms with van der Waals surface area (Å²) in [5.74, 6) is 0.140. The Bertz CT molecular complexity index is 621. The standard InChI is InChI=1S/C18H23N3O3/c1-3-4-15(10-19)20-18(23)14-9-17(22)21(12-14)11-13-5-7-16(24-2)8-6-13/h5-8,14-15H,3-4,9,11-12H2,1-2H3,(H,20,23). The molecule has 2 rings (SSSR count). The minimum Gasteiger partial charge on any atom is -0.497 e. The first-order chi connectivity index (χ1) is 11.6. The first kappa shape index (κ1) is 17.8. The summed E-state index contributed by atoms with van der Waals surface area (Å²) in [6, 6.07) is 9.13. The summed E-state index contributed by atoms with van der Waals surface area (Å²) in [6.07, 6.45) is 1.65. The van der Waals surface area contributed by atoms with Crippen LogP contribution in [-0.4, -0.2) is 36.4 Å². The molecule has 6 heteroatoms. The largest absolute Gasteiger partial charge is 0.497 e. The zero-order chi connectivity index (χ0) is 17.5. The predicted molar refractivity (Wildman–Crippen MR) is 89.0 cm³/mol. The first-order valence-corrected chi connectivity index (χ1v) is 8.18. The van der Waals surface area contributed by atoms with Crippen LogP contribution in [-0.2, 0) is 16.1 Å². The lowest BCUT2D eigenvalue weighted by Gasteiger charge is -2.17. The highest BCUT2D eigenvalue weighted by atomic mass is 16.5. The van der Waals surface area contributed by atoms with Gasteiger partial charge in [0.15, 0.2) is 0 Å². The Morgan fingerprint density at radius 3 is 2.75 bits per heavy atom. The van der Waals surface area contributed by atoms with Crippen LogP contribution in [0.2, 0.25) is 0 Å². The number of nitrogens with one attached hydrogen (secondary N) is 1. The third kappa shape index (κ3) is 4.48. The highest BCUT2D eigenvalue weighted by Crippen LogP contribution is 2.21. The second kappa shape index (κ2) is 8.34. The SMILES string of the molecule is CCCC(C#N)NC(=O)C1CC(=O)N(Cc2ccc(OC)cc2)C1. The smallest absolute Gasteiger partial charge is 0.226 e. The normalized spacial score (nSPS) is 18.1. The van der Waals surface area contributed by atoms with Crippen LogP contribution in [0, 0.1) is 17.2 Å². The number of benzene rings is 1. The Hall–Kier alpha value is -2.55. The molecular formula is C18H23N3O3. The van der Waals surface area contributed by atoms with Crippen molar-refractivity contribution in [3.05, 3.63) is 29.8 Å². The van der Waals surface area contributed by atoms with Crippen molar-refractivity contribution >= 4 is 11.8 Å². The molecular weight excluding hydrogens is 306 g/mol. The Labute approximate surface area is 142 Å². The molecule has 1 heterocycles. The number of nitrogens with zero attached hydrogens (tertiary/aromatic N) is 2. The fraction of sp³-hybridized carbons (Fsp3) is 0.500. The molecule has 0 aliphatic carbocycles. The summed E-state index contributed by atoms with van der Waals surface area (Å²) in [7, 11) is 1.61. The number of hydrogen-bond acceptors (Lipinski definition) is 4. The summed E-state index contributed by atoms with van der Waals surface area (Å²) < 4.78 is 5.12. The van der Waals surface area contributed by atoms with Gasteiger partial charge in [0.25, 0.3) is 0 Å². The molecule has 2 atom stereocenters. The number of amides is 2. The van der Waals surface area contributed by atoms with Gasteiger partial charge in [0, 0.05) is 19.5 Å². The van der Waals surface area contributed by atoms with Crippen molar-refractivity contribution in [1.82, 2.24) is 10.2 Å². The average molecular weight is 329 g/mol. The van der Waals surface area contributed by atoms with Crippen LogP contribution in [0.25, 0.3) is 0 Å². The number of methoxy groups -OCH3 is 1. The molecule has 0 saturated carbocycles. The molecule has 0 spiro atoms. The van der Waals surface area contributed by atoms with Gasteiger partial charge in [-0.2, -0.15) is 5.26 Å². The van der Waals surface area contributed by atoms with Gasteiger partial charge in [-0.05, 0) is 24.1 Å². The molecule has 1 fully saturated rings. The molecule has 1 aliphatic rings. The summed E-state index contributed by atoms with van der Waals surface area (Å²) >= 11 is 0. The van der Waals surface area contributed by atoms with E-state index in [0.717, 1.165) is 17.7 Å². The van der Waals surface area contributed by atoms with Crippen molar-refractivity contribution in [2.75, 3.05) is 13.7 Å². The summed E-state index contributed by atoms with van der Waals surface area (Å²) in [6.45, 7) is 2.83. The molecule has 2 amide bonds. The van der Waals surface area contributed by atoms with Crippen molar-refractivity contribution in [2.45, 2.75) is 38.8 Å². The van der Waals surface area contributed by atoms with Gasteiger partial charge in [-0.3, -0.25) is 9.59 Å². The molecule has 1 aromatic carbocycles. The zero-order valence-electron chi connectivity index (χ0n) is 14.1. The number of hydrogen-bond donors (Lipinski definition) is 1. The number of carbonyl (C=O) groups is 2. The molecule has 1 aliphatic heterocycles. The zero-order valence-corrected chi connectivity index (χ0v) is 14.1.